The van der Waals surface area contributed by atoms with Gasteiger partial charge in [-0.2, -0.15) is 5.10 Å². The van der Waals surface area contributed by atoms with Gasteiger partial charge >= 0.3 is 0 Å². The topological polar surface area (TPSA) is 59.8 Å². The summed E-state index contributed by atoms with van der Waals surface area (Å²) in [5.74, 6) is -0.118. The number of hydrogen-bond donors (Lipinski definition) is 1. The van der Waals surface area contributed by atoms with E-state index in [9.17, 15) is 4.79 Å². The molecule has 2 aromatic heterocycles. The van der Waals surface area contributed by atoms with Crippen LogP contribution in [0.4, 0.5) is 5.69 Å². The zero-order valence-electron chi connectivity index (χ0n) is 11.4. The van der Waals surface area contributed by atoms with Gasteiger partial charge < -0.3 is 5.32 Å². The maximum Gasteiger partial charge on any atom is 0.228 e. The number of benzene rings is 1. The molecule has 1 N–H and O–H groups in total. The molecule has 0 aliphatic rings. The summed E-state index contributed by atoms with van der Waals surface area (Å²) in [5, 5.41) is 8.55. The number of pyridine rings is 1. The molecular weight excluding hydrogens is 288 g/mol. The Kier molecular flexibility index (Phi) is 3.58. The fourth-order valence-corrected chi connectivity index (χ4v) is 2.46. The van der Waals surface area contributed by atoms with Gasteiger partial charge in [-0.1, -0.05) is 23.7 Å². The Bertz CT molecular complexity index is 812. The number of amides is 1. The van der Waals surface area contributed by atoms with E-state index in [0.29, 0.717) is 10.7 Å². The van der Waals surface area contributed by atoms with Crippen LogP contribution in [0.1, 0.15) is 5.56 Å². The largest absolute Gasteiger partial charge is 0.323 e. The molecular formula is C15H13ClN4O. The minimum atomic E-state index is -0.118. The molecule has 0 aliphatic carbocycles. The molecule has 0 radical (unpaired) electrons. The molecule has 1 aromatic carbocycles. The van der Waals surface area contributed by atoms with Gasteiger partial charge in [-0.05, 0) is 17.7 Å². The average molecular weight is 301 g/mol. The average Bonchev–Trinajstić information content (AvgIpc) is 2.81. The molecule has 0 unspecified atom stereocenters. The van der Waals surface area contributed by atoms with Crippen LogP contribution in [0.5, 0.6) is 0 Å². The Morgan fingerprint density at radius 1 is 1.33 bits per heavy atom. The molecule has 0 atom stereocenters. The number of hydrogen-bond acceptors (Lipinski definition) is 3. The maximum absolute atomic E-state index is 12.2. The third kappa shape index (κ3) is 2.87. The molecule has 0 saturated carbocycles. The minimum Gasteiger partial charge on any atom is -0.323 e. The van der Waals surface area contributed by atoms with E-state index in [-0.39, 0.29) is 12.3 Å². The van der Waals surface area contributed by atoms with Crippen LogP contribution in [0, 0.1) is 0 Å². The minimum absolute atomic E-state index is 0.118. The van der Waals surface area contributed by atoms with Crippen LogP contribution in [-0.4, -0.2) is 20.7 Å². The summed E-state index contributed by atoms with van der Waals surface area (Å²) in [6.07, 6.45) is 5.32. The predicted octanol–water partition coefficient (Wildman–Crippen LogP) is 2.80. The lowest BCUT2D eigenvalue weighted by Crippen LogP contribution is -2.15. The van der Waals surface area contributed by atoms with Crippen molar-refractivity contribution in [3.8, 4) is 0 Å². The highest BCUT2D eigenvalue weighted by Crippen LogP contribution is 2.21. The Morgan fingerprint density at radius 2 is 2.19 bits per heavy atom. The molecule has 3 rings (SSSR count). The zero-order valence-corrected chi connectivity index (χ0v) is 12.1. The van der Waals surface area contributed by atoms with Crippen molar-refractivity contribution in [2.75, 3.05) is 5.32 Å². The smallest absolute Gasteiger partial charge is 0.228 e. The lowest BCUT2D eigenvalue weighted by atomic mass is 10.1. The first-order valence-electron chi connectivity index (χ1n) is 6.43. The van der Waals surface area contributed by atoms with E-state index in [4.69, 9.17) is 11.6 Å². The molecule has 2 heterocycles. The highest BCUT2D eigenvalue weighted by molar-refractivity contribution is 6.30. The molecule has 21 heavy (non-hydrogen) atoms. The van der Waals surface area contributed by atoms with Crippen molar-refractivity contribution in [1.82, 2.24) is 14.8 Å². The normalized spacial score (nSPS) is 10.8. The van der Waals surface area contributed by atoms with E-state index >= 15 is 0 Å². The van der Waals surface area contributed by atoms with E-state index in [1.165, 1.54) is 0 Å². The van der Waals surface area contributed by atoms with Gasteiger partial charge in [0.05, 0.1) is 30.0 Å². The Labute approximate surface area is 126 Å². The number of carbonyl (C=O) groups is 1. The van der Waals surface area contributed by atoms with Gasteiger partial charge in [0, 0.05) is 23.7 Å². The number of nitrogens with zero attached hydrogens (tertiary/aromatic N) is 3. The van der Waals surface area contributed by atoms with E-state index in [0.717, 1.165) is 16.5 Å². The quantitative estimate of drug-likeness (QED) is 0.809. The van der Waals surface area contributed by atoms with E-state index < -0.39 is 0 Å². The number of aryl methyl sites for hydroxylation is 1. The Hall–Kier alpha value is -2.40. The lowest BCUT2D eigenvalue weighted by molar-refractivity contribution is -0.115. The van der Waals surface area contributed by atoms with Crippen molar-refractivity contribution in [1.29, 1.82) is 0 Å². The van der Waals surface area contributed by atoms with Crippen molar-refractivity contribution in [3.63, 3.8) is 0 Å². The number of halogens is 1. The Morgan fingerprint density at radius 3 is 3.00 bits per heavy atom. The fourth-order valence-electron chi connectivity index (χ4n) is 2.25. The van der Waals surface area contributed by atoms with Gasteiger partial charge in [0.2, 0.25) is 5.91 Å². The van der Waals surface area contributed by atoms with Crippen LogP contribution in [0.25, 0.3) is 10.9 Å². The highest BCUT2D eigenvalue weighted by atomic mass is 35.5. The monoisotopic (exact) mass is 300 g/mol. The summed E-state index contributed by atoms with van der Waals surface area (Å²) in [7, 11) is 1.83. The molecule has 0 spiro atoms. The molecule has 0 saturated heterocycles. The standard InChI is InChI=1S/C15H13ClN4O/c1-20-15-11(8-18-20)7-17-9-13(15)19-14(21)6-10-3-2-4-12(16)5-10/h2-5,7-9H,6H2,1H3,(H,19,21). The SMILES string of the molecule is Cn1ncc2cncc(NC(=O)Cc3cccc(Cl)c3)c21. The molecule has 3 aromatic rings. The van der Waals surface area contributed by atoms with Gasteiger partial charge in [0.25, 0.3) is 0 Å². The lowest BCUT2D eigenvalue weighted by Gasteiger charge is -2.07. The van der Waals surface area contributed by atoms with E-state index in [2.05, 4.69) is 15.4 Å². The number of rotatable bonds is 3. The van der Waals surface area contributed by atoms with Crippen molar-refractivity contribution in [3.05, 3.63) is 53.4 Å². The summed E-state index contributed by atoms with van der Waals surface area (Å²) in [5.41, 5.74) is 2.37. The first kappa shape index (κ1) is 13.6. The molecule has 106 valence electrons. The number of aromatic nitrogens is 3. The highest BCUT2D eigenvalue weighted by Gasteiger charge is 2.10. The second-order valence-corrected chi connectivity index (χ2v) is 5.18. The second kappa shape index (κ2) is 5.54. The van der Waals surface area contributed by atoms with Crippen LogP contribution in [0.3, 0.4) is 0 Å². The number of nitrogens with one attached hydrogen (secondary N) is 1. The summed E-state index contributed by atoms with van der Waals surface area (Å²) < 4.78 is 1.71. The van der Waals surface area contributed by atoms with Gasteiger partial charge in [-0.25, -0.2) is 0 Å². The van der Waals surface area contributed by atoms with E-state index in [1.54, 1.807) is 35.4 Å². The molecule has 6 heteroatoms. The van der Waals surface area contributed by atoms with Crippen LogP contribution in [0.15, 0.2) is 42.9 Å². The first-order chi connectivity index (χ1) is 10.1. The summed E-state index contributed by atoms with van der Waals surface area (Å²) in [4.78, 5) is 16.3. The molecule has 1 amide bonds. The summed E-state index contributed by atoms with van der Waals surface area (Å²) >= 11 is 5.92. The van der Waals surface area contributed by atoms with Crippen LogP contribution in [0.2, 0.25) is 5.02 Å². The van der Waals surface area contributed by atoms with E-state index in [1.807, 2.05) is 19.2 Å². The molecule has 0 fully saturated rings. The molecule has 5 nitrogen and oxygen atoms in total. The molecule has 0 aliphatic heterocycles. The van der Waals surface area contributed by atoms with Gasteiger partial charge in [0.15, 0.2) is 0 Å². The summed E-state index contributed by atoms with van der Waals surface area (Å²) in [6, 6.07) is 7.26. The zero-order chi connectivity index (χ0) is 14.8. The third-order valence-electron chi connectivity index (χ3n) is 3.17. The number of fused-ring (bicyclic) bond motifs is 1. The van der Waals surface area contributed by atoms with Crippen molar-refractivity contribution in [2.24, 2.45) is 7.05 Å². The predicted molar refractivity (Wildman–Crippen MR) is 82.3 cm³/mol. The fraction of sp³-hybridized carbons (Fsp3) is 0.133. The number of anilines is 1. The van der Waals surface area contributed by atoms with Gasteiger partial charge in [-0.15, -0.1) is 0 Å². The van der Waals surface area contributed by atoms with Crippen molar-refractivity contribution >= 4 is 34.1 Å². The van der Waals surface area contributed by atoms with Gasteiger partial charge in [-0.3, -0.25) is 14.5 Å². The first-order valence-corrected chi connectivity index (χ1v) is 6.81. The maximum atomic E-state index is 12.2. The van der Waals surface area contributed by atoms with Crippen LogP contribution in [-0.2, 0) is 18.3 Å². The molecule has 0 bridgehead atoms. The van der Waals surface area contributed by atoms with Crippen molar-refractivity contribution < 1.29 is 4.79 Å². The Balaban J connectivity index is 1.82. The second-order valence-electron chi connectivity index (χ2n) is 4.75. The van der Waals surface area contributed by atoms with Gasteiger partial charge in [0.1, 0.15) is 0 Å². The van der Waals surface area contributed by atoms with Crippen LogP contribution >= 0.6 is 11.6 Å². The van der Waals surface area contributed by atoms with Crippen molar-refractivity contribution in [2.45, 2.75) is 6.42 Å². The third-order valence-corrected chi connectivity index (χ3v) is 3.40. The van der Waals surface area contributed by atoms with Crippen LogP contribution < -0.4 is 5.32 Å². The summed E-state index contributed by atoms with van der Waals surface area (Å²) in [6.45, 7) is 0. The number of carbonyl (C=O) groups excluding carboxylic acids is 1.